The number of carbonyl (C=O) groups excluding carboxylic acids is 1. The standard InChI is InChI=1S/C19H18F2N6O2S/c20-15(21)13-14(30-17(24-13)11-4-2-1-3-5-11)18(28)27-8-6-26(7-9-27)12-10-23-19(29)25-16(12)22/h1-5,10,15H,6-9H2,(H3,22,23,25,29). The number of aromatic amines is 1. The fourth-order valence-electron chi connectivity index (χ4n) is 3.28. The van der Waals surface area contributed by atoms with E-state index in [1.165, 1.54) is 11.1 Å². The van der Waals surface area contributed by atoms with Crippen LogP contribution in [0.3, 0.4) is 0 Å². The van der Waals surface area contributed by atoms with Crippen LogP contribution in [0.1, 0.15) is 21.8 Å². The molecule has 3 aromatic rings. The molecule has 0 aliphatic carbocycles. The number of amides is 1. The summed E-state index contributed by atoms with van der Waals surface area (Å²) in [5.74, 6) is -0.262. The number of thiazole rings is 1. The number of nitrogens with zero attached hydrogens (tertiary/aromatic N) is 4. The van der Waals surface area contributed by atoms with Crippen LogP contribution < -0.4 is 16.3 Å². The van der Waals surface area contributed by atoms with Gasteiger partial charge in [0.05, 0.1) is 11.9 Å². The first-order chi connectivity index (χ1) is 14.4. The second-order valence-electron chi connectivity index (χ2n) is 6.67. The van der Waals surface area contributed by atoms with Crippen molar-refractivity contribution in [1.29, 1.82) is 0 Å². The highest BCUT2D eigenvalue weighted by Crippen LogP contribution is 2.34. The first kappa shape index (κ1) is 20.0. The summed E-state index contributed by atoms with van der Waals surface area (Å²) in [7, 11) is 0. The minimum absolute atomic E-state index is 0.0393. The zero-order chi connectivity index (χ0) is 21.3. The first-order valence-electron chi connectivity index (χ1n) is 9.17. The van der Waals surface area contributed by atoms with E-state index >= 15 is 0 Å². The van der Waals surface area contributed by atoms with Crippen molar-refractivity contribution in [3.05, 3.63) is 57.6 Å². The molecule has 4 rings (SSSR count). The van der Waals surface area contributed by atoms with E-state index in [-0.39, 0.29) is 10.7 Å². The highest BCUT2D eigenvalue weighted by molar-refractivity contribution is 7.17. The first-order valence-corrected chi connectivity index (χ1v) is 9.99. The van der Waals surface area contributed by atoms with Gasteiger partial charge in [-0.25, -0.2) is 18.6 Å². The molecule has 30 heavy (non-hydrogen) atoms. The topological polar surface area (TPSA) is 108 Å². The van der Waals surface area contributed by atoms with Crippen LogP contribution in [0.5, 0.6) is 0 Å². The number of nitrogen functional groups attached to an aromatic ring is 1. The molecular formula is C19H18F2N6O2S. The van der Waals surface area contributed by atoms with Crippen molar-refractivity contribution in [2.75, 3.05) is 36.8 Å². The molecule has 1 amide bonds. The Bertz CT molecular complexity index is 1110. The number of nitrogens with two attached hydrogens (primary N) is 1. The molecule has 0 radical (unpaired) electrons. The molecule has 1 saturated heterocycles. The molecule has 1 aliphatic rings. The number of hydrogen-bond acceptors (Lipinski definition) is 7. The van der Waals surface area contributed by atoms with E-state index < -0.39 is 23.7 Å². The van der Waals surface area contributed by atoms with Crippen LogP contribution in [-0.2, 0) is 0 Å². The summed E-state index contributed by atoms with van der Waals surface area (Å²) < 4.78 is 27.1. The number of rotatable bonds is 4. The molecule has 0 unspecified atom stereocenters. The minimum atomic E-state index is -2.84. The lowest BCUT2D eigenvalue weighted by Gasteiger charge is -2.36. The van der Waals surface area contributed by atoms with E-state index in [1.807, 2.05) is 11.0 Å². The average Bonchev–Trinajstić information content (AvgIpc) is 3.20. The maximum absolute atomic E-state index is 13.6. The average molecular weight is 432 g/mol. The number of halogens is 2. The number of aromatic nitrogens is 3. The van der Waals surface area contributed by atoms with E-state index in [0.717, 1.165) is 11.3 Å². The van der Waals surface area contributed by atoms with Gasteiger partial charge in [-0.3, -0.25) is 9.78 Å². The fraction of sp³-hybridized carbons (Fsp3) is 0.263. The number of anilines is 2. The van der Waals surface area contributed by atoms with Crippen LogP contribution in [0.4, 0.5) is 20.3 Å². The lowest BCUT2D eigenvalue weighted by Crippen LogP contribution is -2.49. The molecule has 1 fully saturated rings. The molecule has 2 aromatic heterocycles. The van der Waals surface area contributed by atoms with Crippen LogP contribution in [-0.4, -0.2) is 51.9 Å². The highest BCUT2D eigenvalue weighted by atomic mass is 32.1. The SMILES string of the molecule is Nc1[nH]c(=O)ncc1N1CCN(C(=O)c2sc(-c3ccccc3)nc2C(F)F)CC1. The van der Waals surface area contributed by atoms with E-state index in [2.05, 4.69) is 15.0 Å². The Morgan fingerprint density at radius 1 is 1.17 bits per heavy atom. The Hall–Kier alpha value is -3.34. The monoisotopic (exact) mass is 432 g/mol. The molecule has 8 nitrogen and oxygen atoms in total. The molecule has 3 N–H and O–H groups in total. The summed E-state index contributed by atoms with van der Waals surface area (Å²) in [5.41, 5.74) is 6.08. The number of piperazine rings is 1. The summed E-state index contributed by atoms with van der Waals surface area (Å²) in [6, 6.07) is 8.93. The second-order valence-corrected chi connectivity index (χ2v) is 7.67. The van der Waals surface area contributed by atoms with Crippen molar-refractivity contribution in [3.63, 3.8) is 0 Å². The highest BCUT2D eigenvalue weighted by Gasteiger charge is 2.30. The van der Waals surface area contributed by atoms with Crippen LogP contribution in [0.25, 0.3) is 10.6 Å². The van der Waals surface area contributed by atoms with Crippen molar-refractivity contribution in [3.8, 4) is 10.6 Å². The smallest absolute Gasteiger partial charge is 0.346 e. The molecule has 1 aromatic carbocycles. The quantitative estimate of drug-likeness (QED) is 0.655. The minimum Gasteiger partial charge on any atom is -0.383 e. The van der Waals surface area contributed by atoms with Gasteiger partial charge < -0.3 is 15.5 Å². The maximum atomic E-state index is 13.6. The predicted octanol–water partition coefficient (Wildman–Crippen LogP) is 2.38. The van der Waals surface area contributed by atoms with E-state index in [1.54, 1.807) is 24.3 Å². The Kier molecular flexibility index (Phi) is 5.44. The summed E-state index contributed by atoms with van der Waals surface area (Å²) in [6.45, 7) is 1.49. The number of benzene rings is 1. The zero-order valence-corrected chi connectivity index (χ0v) is 16.5. The van der Waals surface area contributed by atoms with Crippen molar-refractivity contribution in [2.24, 2.45) is 0 Å². The summed E-state index contributed by atoms with van der Waals surface area (Å²) in [5, 5.41) is 0.389. The summed E-state index contributed by atoms with van der Waals surface area (Å²) in [4.78, 5) is 37.7. The third-order valence-electron chi connectivity index (χ3n) is 4.80. The second kappa shape index (κ2) is 8.19. The van der Waals surface area contributed by atoms with Gasteiger partial charge in [0.1, 0.15) is 21.4 Å². The molecule has 0 saturated carbocycles. The lowest BCUT2D eigenvalue weighted by atomic mass is 10.2. The number of H-pyrrole nitrogens is 1. The van der Waals surface area contributed by atoms with Gasteiger partial charge in [-0.2, -0.15) is 4.98 Å². The van der Waals surface area contributed by atoms with Crippen molar-refractivity contribution in [2.45, 2.75) is 6.43 Å². The van der Waals surface area contributed by atoms with Crippen LogP contribution in [0, 0.1) is 0 Å². The third-order valence-corrected chi connectivity index (χ3v) is 5.91. The van der Waals surface area contributed by atoms with Crippen molar-refractivity contribution >= 4 is 28.7 Å². The normalized spacial score (nSPS) is 14.4. The van der Waals surface area contributed by atoms with Gasteiger partial charge in [-0.1, -0.05) is 30.3 Å². The molecule has 156 valence electrons. The predicted molar refractivity (Wildman–Crippen MR) is 110 cm³/mol. The van der Waals surface area contributed by atoms with Gasteiger partial charge in [0.15, 0.2) is 0 Å². The number of carbonyl (C=O) groups is 1. The molecule has 11 heteroatoms. The number of alkyl halides is 2. The van der Waals surface area contributed by atoms with E-state index in [4.69, 9.17) is 5.73 Å². The van der Waals surface area contributed by atoms with Crippen molar-refractivity contribution < 1.29 is 13.6 Å². The van der Waals surface area contributed by atoms with Gasteiger partial charge in [-0.05, 0) is 0 Å². The van der Waals surface area contributed by atoms with Gasteiger partial charge in [-0.15, -0.1) is 11.3 Å². The lowest BCUT2D eigenvalue weighted by molar-refractivity contribution is 0.0739. The zero-order valence-electron chi connectivity index (χ0n) is 15.7. The van der Waals surface area contributed by atoms with Gasteiger partial charge in [0, 0.05) is 31.7 Å². The summed E-state index contributed by atoms with van der Waals surface area (Å²) >= 11 is 0.978. The molecule has 0 bridgehead atoms. The van der Waals surface area contributed by atoms with Crippen LogP contribution in [0.2, 0.25) is 0 Å². The maximum Gasteiger partial charge on any atom is 0.346 e. The molecule has 0 atom stereocenters. The van der Waals surface area contributed by atoms with Crippen molar-refractivity contribution in [1.82, 2.24) is 19.9 Å². The van der Waals surface area contributed by atoms with Gasteiger partial charge >= 0.3 is 5.69 Å². The number of hydrogen-bond donors (Lipinski definition) is 2. The number of nitrogens with one attached hydrogen (secondary N) is 1. The Morgan fingerprint density at radius 2 is 1.87 bits per heavy atom. The molecule has 0 spiro atoms. The largest absolute Gasteiger partial charge is 0.383 e. The third kappa shape index (κ3) is 3.88. The Morgan fingerprint density at radius 3 is 2.50 bits per heavy atom. The molecular weight excluding hydrogens is 414 g/mol. The van der Waals surface area contributed by atoms with Gasteiger partial charge in [0.2, 0.25) is 0 Å². The Labute approximate surface area is 174 Å². The summed E-state index contributed by atoms with van der Waals surface area (Å²) in [6.07, 6.45) is -1.46. The Balaban J connectivity index is 1.53. The molecule has 3 heterocycles. The van der Waals surface area contributed by atoms with E-state index in [0.29, 0.717) is 42.4 Å². The van der Waals surface area contributed by atoms with Crippen LogP contribution >= 0.6 is 11.3 Å². The molecule has 1 aliphatic heterocycles. The fourth-order valence-corrected chi connectivity index (χ4v) is 4.33. The van der Waals surface area contributed by atoms with E-state index in [9.17, 15) is 18.4 Å². The van der Waals surface area contributed by atoms with Crippen LogP contribution in [0.15, 0.2) is 41.3 Å². The van der Waals surface area contributed by atoms with Gasteiger partial charge in [0.25, 0.3) is 12.3 Å².